The smallest absolute Gasteiger partial charge is 0.0459 e. The Morgan fingerprint density at radius 2 is 0.732 bits per heavy atom. The van der Waals surface area contributed by atoms with Gasteiger partial charge in [-0.3, -0.25) is 0 Å². The Labute approximate surface area is 261 Å². The highest BCUT2D eigenvalue weighted by molar-refractivity contribution is 5.31. The average Bonchev–Trinajstić information content (AvgIpc) is 2.86. The molecule has 0 atom stereocenters. The van der Waals surface area contributed by atoms with Gasteiger partial charge < -0.3 is 4.74 Å². The fraction of sp³-hybridized carbons (Fsp3) is 0.700. The van der Waals surface area contributed by atoms with Crippen LogP contribution in [0.1, 0.15) is 167 Å². The van der Waals surface area contributed by atoms with Crippen LogP contribution >= 0.6 is 0 Å². The predicted molar refractivity (Wildman–Crippen MR) is 193 cm³/mol. The van der Waals surface area contributed by atoms with E-state index < -0.39 is 0 Å². The maximum atomic E-state index is 4.69. The van der Waals surface area contributed by atoms with E-state index in [-0.39, 0.29) is 16.2 Å². The average molecular weight is 573 g/mol. The summed E-state index contributed by atoms with van der Waals surface area (Å²) < 4.78 is 4.69. The van der Waals surface area contributed by atoms with Gasteiger partial charge in [0.05, 0.1) is 0 Å². The van der Waals surface area contributed by atoms with Gasteiger partial charge in [0, 0.05) is 13.7 Å². The molecule has 2 rings (SSSR count). The minimum Gasteiger partial charge on any atom is -0.385 e. The Morgan fingerprint density at radius 1 is 0.488 bits per heavy atom. The van der Waals surface area contributed by atoms with Gasteiger partial charge >= 0.3 is 0 Å². The second kappa shape index (κ2) is 23.9. The highest BCUT2D eigenvalue weighted by atomic mass is 16.5. The van der Waals surface area contributed by atoms with Crippen molar-refractivity contribution < 1.29 is 4.74 Å². The third-order valence-corrected chi connectivity index (χ3v) is 5.58. The third-order valence-electron chi connectivity index (χ3n) is 5.58. The first-order valence-electron chi connectivity index (χ1n) is 16.4. The van der Waals surface area contributed by atoms with Crippen LogP contribution in [0.15, 0.2) is 48.5 Å². The summed E-state index contributed by atoms with van der Waals surface area (Å²) in [7, 11) is 1.71. The van der Waals surface area contributed by atoms with Crippen molar-refractivity contribution in [2.75, 3.05) is 13.7 Å². The molecule has 0 saturated carbocycles. The molecule has 0 aliphatic heterocycles. The molecule has 1 nitrogen and oxygen atoms in total. The van der Waals surface area contributed by atoms with E-state index in [1.807, 2.05) is 27.7 Å². The van der Waals surface area contributed by atoms with Gasteiger partial charge in [0.2, 0.25) is 0 Å². The maximum Gasteiger partial charge on any atom is 0.0459 e. The molecule has 0 unspecified atom stereocenters. The summed E-state index contributed by atoms with van der Waals surface area (Å²) in [6.07, 6.45) is 3.52. The molecule has 0 radical (unpaired) electrons. The molecule has 0 N–H and O–H groups in total. The Hall–Kier alpha value is -1.60. The molecular weight excluding hydrogens is 496 g/mol. The summed E-state index contributed by atoms with van der Waals surface area (Å²) in [5, 5.41) is 0. The number of ether oxygens (including phenoxy) is 1. The molecule has 0 spiro atoms. The molecule has 1 heteroatoms. The number of methoxy groups -OCH3 is 1. The number of hydrogen-bond acceptors (Lipinski definition) is 1. The van der Waals surface area contributed by atoms with Crippen molar-refractivity contribution in [1.29, 1.82) is 0 Å². The lowest BCUT2D eigenvalue weighted by Gasteiger charge is -2.23. The SMILES string of the molecule is CC.CC.CC(C)(C)Cc1ccc(C(C)(C)C)cc1.CC(C)(C)c1ccc(C(C)(C)C)cc1.CCC.CCCOC. The van der Waals surface area contributed by atoms with Crippen molar-refractivity contribution in [2.24, 2.45) is 5.41 Å². The van der Waals surface area contributed by atoms with Crippen LogP contribution in [-0.2, 0) is 27.4 Å². The minimum atomic E-state index is 0.260. The van der Waals surface area contributed by atoms with Crippen molar-refractivity contribution in [3.63, 3.8) is 0 Å². The number of rotatable bonds is 3. The molecule has 0 aliphatic rings. The molecule has 41 heavy (non-hydrogen) atoms. The Morgan fingerprint density at radius 3 is 0.878 bits per heavy atom. The van der Waals surface area contributed by atoms with Crippen molar-refractivity contribution >= 4 is 0 Å². The summed E-state index contributed by atoms with van der Waals surface area (Å²) in [4.78, 5) is 0. The van der Waals surface area contributed by atoms with Crippen molar-refractivity contribution in [2.45, 2.75) is 167 Å². The van der Waals surface area contributed by atoms with Crippen LogP contribution in [0.3, 0.4) is 0 Å². The van der Waals surface area contributed by atoms with Gasteiger partial charge in [-0.25, -0.2) is 0 Å². The monoisotopic (exact) mass is 573 g/mol. The summed E-state index contributed by atoms with van der Waals surface area (Å²) in [6.45, 7) is 42.3. The normalized spacial score (nSPS) is 10.9. The van der Waals surface area contributed by atoms with E-state index >= 15 is 0 Å². The zero-order chi connectivity index (χ0) is 33.5. The van der Waals surface area contributed by atoms with Gasteiger partial charge in [-0.1, -0.05) is 187 Å². The highest BCUT2D eigenvalue weighted by Gasteiger charge is 2.17. The Bertz CT molecular complexity index is 763. The van der Waals surface area contributed by atoms with E-state index in [0.29, 0.717) is 5.41 Å². The van der Waals surface area contributed by atoms with Gasteiger partial charge in [0.25, 0.3) is 0 Å². The first-order valence-corrected chi connectivity index (χ1v) is 16.4. The second-order valence-electron chi connectivity index (χ2n) is 14.5. The molecule has 0 heterocycles. The van der Waals surface area contributed by atoms with Crippen LogP contribution < -0.4 is 0 Å². The van der Waals surface area contributed by atoms with Crippen LogP contribution in [-0.4, -0.2) is 13.7 Å². The Balaban J connectivity index is -0.000000242. The van der Waals surface area contributed by atoms with E-state index in [1.165, 1.54) is 28.7 Å². The summed E-state index contributed by atoms with van der Waals surface area (Å²) in [6, 6.07) is 18.1. The van der Waals surface area contributed by atoms with Gasteiger partial charge in [0.15, 0.2) is 0 Å². The highest BCUT2D eigenvalue weighted by Crippen LogP contribution is 2.27. The first kappa shape index (κ1) is 46.4. The topological polar surface area (TPSA) is 9.23 Å². The number of benzene rings is 2. The molecule has 0 bridgehead atoms. The zero-order valence-electron chi connectivity index (χ0n) is 31.9. The van der Waals surface area contributed by atoms with Crippen LogP contribution in [0.4, 0.5) is 0 Å². The molecule has 0 aromatic heterocycles. The van der Waals surface area contributed by atoms with Crippen LogP contribution in [0, 0.1) is 5.41 Å². The molecule has 2 aromatic carbocycles. The van der Waals surface area contributed by atoms with E-state index in [0.717, 1.165) is 19.4 Å². The largest absolute Gasteiger partial charge is 0.385 e. The Kier molecular flexibility index (Phi) is 27.0. The molecular formula is C40H76O. The molecule has 0 aliphatic carbocycles. The molecule has 0 saturated heterocycles. The van der Waals surface area contributed by atoms with Crippen molar-refractivity contribution in [3.8, 4) is 0 Å². The maximum absolute atomic E-state index is 4.69. The molecule has 0 fully saturated rings. The summed E-state index contributed by atoms with van der Waals surface area (Å²) >= 11 is 0. The van der Waals surface area contributed by atoms with E-state index in [1.54, 1.807) is 7.11 Å². The van der Waals surface area contributed by atoms with Crippen LogP contribution in [0.5, 0.6) is 0 Å². The fourth-order valence-electron chi connectivity index (χ4n) is 3.41. The lowest BCUT2D eigenvalue weighted by Crippen LogP contribution is -2.14. The van der Waals surface area contributed by atoms with Crippen molar-refractivity contribution in [3.05, 3.63) is 70.8 Å². The van der Waals surface area contributed by atoms with Gasteiger partial charge in [0.1, 0.15) is 0 Å². The quantitative estimate of drug-likeness (QED) is 0.355. The van der Waals surface area contributed by atoms with E-state index in [2.05, 4.69) is 152 Å². The van der Waals surface area contributed by atoms with Crippen molar-refractivity contribution in [1.82, 2.24) is 0 Å². The van der Waals surface area contributed by atoms with E-state index in [4.69, 9.17) is 4.74 Å². The lowest BCUT2D eigenvalue weighted by molar-refractivity contribution is 0.199. The molecule has 2 aromatic rings. The van der Waals surface area contributed by atoms with Crippen LogP contribution in [0.2, 0.25) is 0 Å². The predicted octanol–water partition coefficient (Wildman–Crippen LogP) is 13.4. The fourth-order valence-corrected chi connectivity index (χ4v) is 3.41. The molecule has 242 valence electrons. The van der Waals surface area contributed by atoms with E-state index in [9.17, 15) is 0 Å². The number of hydrogen-bond donors (Lipinski definition) is 0. The minimum absolute atomic E-state index is 0.260. The summed E-state index contributed by atoms with van der Waals surface area (Å²) in [5.74, 6) is 0. The third kappa shape index (κ3) is 27.0. The standard InChI is InChI=1S/C15H24.C14H22.C4H10O.C3H8.2C2H6/c1-14(2,3)11-12-7-9-13(10-8-12)15(4,5)6;1-13(2,3)11-7-9-12(10-8-11)14(4,5)6;1-3-4-5-2;1-3-2;2*1-2/h7-10H,11H2,1-6H3;7-10H,1-6H3;3-4H2,1-2H3;3H2,1-2H3;2*1-2H3. The lowest BCUT2D eigenvalue weighted by atomic mass is 9.82. The van der Waals surface area contributed by atoms with Gasteiger partial charge in [-0.15, -0.1) is 0 Å². The van der Waals surface area contributed by atoms with Gasteiger partial charge in [-0.2, -0.15) is 0 Å². The van der Waals surface area contributed by atoms with Gasteiger partial charge in [-0.05, 0) is 56.8 Å². The molecule has 0 amide bonds. The zero-order valence-corrected chi connectivity index (χ0v) is 31.9. The first-order chi connectivity index (χ1) is 18.7. The summed E-state index contributed by atoms with van der Waals surface area (Å²) in [5.41, 5.74) is 6.84. The second-order valence-corrected chi connectivity index (χ2v) is 14.5. The van der Waals surface area contributed by atoms with Crippen LogP contribution in [0.25, 0.3) is 0 Å².